The standard InChI is InChI=1S/C14H21FN2O3S/c1-20-14-6-5-12(10-13(14)15)21(18,19)17-9-3-2-4-11(17)7-8-16/h5-6,10-11H,2-4,7-9,16H2,1H3. The van der Waals surface area contributed by atoms with Gasteiger partial charge in [0.15, 0.2) is 11.6 Å². The molecule has 1 aliphatic heterocycles. The number of hydrogen-bond donors (Lipinski definition) is 1. The van der Waals surface area contributed by atoms with E-state index in [0.717, 1.165) is 25.3 Å². The number of nitrogens with zero attached hydrogens (tertiary/aromatic N) is 1. The van der Waals surface area contributed by atoms with Gasteiger partial charge in [-0.25, -0.2) is 12.8 Å². The molecule has 1 atom stereocenters. The third kappa shape index (κ3) is 3.36. The first-order chi connectivity index (χ1) is 10.0. The van der Waals surface area contributed by atoms with Crippen molar-refractivity contribution in [3.8, 4) is 5.75 Å². The lowest BCUT2D eigenvalue weighted by atomic mass is 10.0. The van der Waals surface area contributed by atoms with Crippen LogP contribution in [-0.4, -0.2) is 39.0 Å². The number of piperidine rings is 1. The van der Waals surface area contributed by atoms with Gasteiger partial charge in [-0.1, -0.05) is 6.42 Å². The summed E-state index contributed by atoms with van der Waals surface area (Å²) in [4.78, 5) is -0.0373. The molecule has 0 saturated carbocycles. The maximum absolute atomic E-state index is 13.8. The van der Waals surface area contributed by atoms with Gasteiger partial charge in [-0.3, -0.25) is 0 Å². The van der Waals surface area contributed by atoms with Crippen LogP contribution in [0.1, 0.15) is 25.7 Å². The first-order valence-electron chi connectivity index (χ1n) is 7.06. The molecule has 0 bridgehead atoms. The molecular weight excluding hydrogens is 295 g/mol. The van der Waals surface area contributed by atoms with Crippen LogP contribution in [0.5, 0.6) is 5.75 Å². The molecule has 0 aromatic heterocycles. The van der Waals surface area contributed by atoms with Crippen molar-refractivity contribution in [3.05, 3.63) is 24.0 Å². The number of rotatable bonds is 5. The first-order valence-corrected chi connectivity index (χ1v) is 8.50. The zero-order valence-electron chi connectivity index (χ0n) is 12.1. The summed E-state index contributed by atoms with van der Waals surface area (Å²) in [7, 11) is -2.36. The van der Waals surface area contributed by atoms with Gasteiger partial charge in [-0.15, -0.1) is 0 Å². The summed E-state index contributed by atoms with van der Waals surface area (Å²) in [5.74, 6) is -0.642. The molecule has 0 radical (unpaired) electrons. The fourth-order valence-electron chi connectivity index (χ4n) is 2.71. The van der Waals surface area contributed by atoms with E-state index in [-0.39, 0.29) is 16.7 Å². The molecule has 2 rings (SSSR count). The number of nitrogens with two attached hydrogens (primary N) is 1. The molecule has 5 nitrogen and oxygen atoms in total. The molecule has 1 saturated heterocycles. The highest BCUT2D eigenvalue weighted by Crippen LogP contribution is 2.28. The highest BCUT2D eigenvalue weighted by atomic mass is 32.2. The highest BCUT2D eigenvalue weighted by molar-refractivity contribution is 7.89. The highest BCUT2D eigenvalue weighted by Gasteiger charge is 2.33. The smallest absolute Gasteiger partial charge is 0.243 e. The number of methoxy groups -OCH3 is 1. The molecule has 1 unspecified atom stereocenters. The van der Waals surface area contributed by atoms with Crippen LogP contribution in [0, 0.1) is 5.82 Å². The van der Waals surface area contributed by atoms with Crippen LogP contribution in [0.2, 0.25) is 0 Å². The summed E-state index contributed by atoms with van der Waals surface area (Å²) >= 11 is 0. The van der Waals surface area contributed by atoms with E-state index in [1.165, 1.54) is 23.5 Å². The molecule has 1 heterocycles. The Morgan fingerprint density at radius 1 is 1.43 bits per heavy atom. The molecule has 0 spiro atoms. The number of sulfonamides is 1. The second-order valence-corrected chi connectivity index (χ2v) is 7.03. The molecule has 21 heavy (non-hydrogen) atoms. The molecule has 0 amide bonds. The fourth-order valence-corrected chi connectivity index (χ4v) is 4.45. The Bertz CT molecular complexity index is 590. The summed E-state index contributed by atoms with van der Waals surface area (Å²) in [5.41, 5.74) is 5.57. The molecule has 118 valence electrons. The lowest BCUT2D eigenvalue weighted by molar-refractivity contribution is 0.243. The minimum atomic E-state index is -3.70. The Morgan fingerprint density at radius 3 is 2.81 bits per heavy atom. The van der Waals surface area contributed by atoms with E-state index in [2.05, 4.69) is 0 Å². The van der Waals surface area contributed by atoms with Gasteiger partial charge in [-0.2, -0.15) is 4.31 Å². The van der Waals surface area contributed by atoms with Crippen molar-refractivity contribution in [1.82, 2.24) is 4.31 Å². The van der Waals surface area contributed by atoms with Gasteiger partial charge >= 0.3 is 0 Å². The van der Waals surface area contributed by atoms with E-state index >= 15 is 0 Å². The average molecular weight is 316 g/mol. The minimum Gasteiger partial charge on any atom is -0.494 e. The molecule has 2 N–H and O–H groups in total. The summed E-state index contributed by atoms with van der Waals surface area (Å²) in [6.07, 6.45) is 3.24. The fraction of sp³-hybridized carbons (Fsp3) is 0.571. The minimum absolute atomic E-state index is 0.0334. The molecule has 1 aromatic carbocycles. The maximum atomic E-state index is 13.8. The van der Waals surface area contributed by atoms with Crippen LogP contribution >= 0.6 is 0 Å². The number of ether oxygens (including phenoxy) is 1. The topological polar surface area (TPSA) is 72.6 Å². The van der Waals surface area contributed by atoms with Crippen molar-refractivity contribution in [2.45, 2.75) is 36.6 Å². The Labute approximate surface area is 124 Å². The maximum Gasteiger partial charge on any atom is 0.243 e. The van der Waals surface area contributed by atoms with Crippen molar-refractivity contribution in [3.63, 3.8) is 0 Å². The third-order valence-corrected chi connectivity index (χ3v) is 5.75. The van der Waals surface area contributed by atoms with Crippen LogP contribution in [0.3, 0.4) is 0 Å². The monoisotopic (exact) mass is 316 g/mol. The third-order valence-electron chi connectivity index (χ3n) is 3.80. The van der Waals surface area contributed by atoms with Gasteiger partial charge in [0.1, 0.15) is 0 Å². The summed E-state index contributed by atoms with van der Waals surface area (Å²) in [6, 6.07) is 3.64. The van der Waals surface area contributed by atoms with Gasteiger partial charge in [0, 0.05) is 12.6 Å². The van der Waals surface area contributed by atoms with E-state index in [1.807, 2.05) is 0 Å². The van der Waals surface area contributed by atoms with E-state index in [4.69, 9.17) is 10.5 Å². The van der Waals surface area contributed by atoms with E-state index in [1.54, 1.807) is 0 Å². The molecule has 0 aliphatic carbocycles. The number of hydrogen-bond acceptors (Lipinski definition) is 4. The van der Waals surface area contributed by atoms with Gasteiger partial charge < -0.3 is 10.5 Å². The quantitative estimate of drug-likeness (QED) is 0.898. The Morgan fingerprint density at radius 2 is 2.19 bits per heavy atom. The van der Waals surface area contributed by atoms with Gasteiger partial charge in [-0.05, 0) is 44.0 Å². The average Bonchev–Trinajstić information content (AvgIpc) is 2.48. The molecule has 1 fully saturated rings. The summed E-state index contributed by atoms with van der Waals surface area (Å²) < 4.78 is 45.4. The summed E-state index contributed by atoms with van der Waals surface area (Å²) in [5, 5.41) is 0. The Kier molecular flexibility index (Phi) is 5.18. The van der Waals surface area contributed by atoms with Gasteiger partial charge in [0.2, 0.25) is 10.0 Å². The van der Waals surface area contributed by atoms with Crippen molar-refractivity contribution in [1.29, 1.82) is 0 Å². The van der Waals surface area contributed by atoms with Crippen molar-refractivity contribution in [2.24, 2.45) is 5.73 Å². The molecular formula is C14H21FN2O3S. The van der Waals surface area contributed by atoms with Crippen LogP contribution in [-0.2, 0) is 10.0 Å². The second-order valence-electron chi connectivity index (χ2n) is 5.14. The Balaban J connectivity index is 2.33. The van der Waals surface area contributed by atoms with Crippen LogP contribution in [0.4, 0.5) is 4.39 Å². The van der Waals surface area contributed by atoms with Crippen molar-refractivity contribution < 1.29 is 17.5 Å². The lowest BCUT2D eigenvalue weighted by Gasteiger charge is -2.34. The zero-order chi connectivity index (χ0) is 15.5. The molecule has 7 heteroatoms. The predicted molar refractivity (Wildman–Crippen MR) is 78.2 cm³/mol. The SMILES string of the molecule is COc1ccc(S(=O)(=O)N2CCCCC2CCN)cc1F. The normalized spacial score (nSPS) is 20.4. The van der Waals surface area contributed by atoms with Gasteiger partial charge in [0.05, 0.1) is 12.0 Å². The zero-order valence-corrected chi connectivity index (χ0v) is 12.9. The van der Waals surface area contributed by atoms with Crippen LogP contribution in [0.15, 0.2) is 23.1 Å². The molecule has 1 aliphatic rings. The number of benzene rings is 1. The first kappa shape index (κ1) is 16.2. The summed E-state index contributed by atoms with van der Waals surface area (Å²) in [6.45, 7) is 0.897. The van der Waals surface area contributed by atoms with Crippen molar-refractivity contribution in [2.75, 3.05) is 20.2 Å². The Hall–Kier alpha value is -1.18. The number of halogens is 1. The van der Waals surface area contributed by atoms with E-state index in [9.17, 15) is 12.8 Å². The van der Waals surface area contributed by atoms with Crippen molar-refractivity contribution >= 4 is 10.0 Å². The predicted octanol–water partition coefficient (Wildman–Crippen LogP) is 1.73. The molecule has 1 aromatic rings. The van der Waals surface area contributed by atoms with E-state index < -0.39 is 15.8 Å². The lowest BCUT2D eigenvalue weighted by Crippen LogP contribution is -2.44. The van der Waals surface area contributed by atoms with Crippen LogP contribution in [0.25, 0.3) is 0 Å². The van der Waals surface area contributed by atoms with Gasteiger partial charge in [0.25, 0.3) is 0 Å². The van der Waals surface area contributed by atoms with E-state index in [0.29, 0.717) is 19.5 Å². The second kappa shape index (κ2) is 6.72. The largest absolute Gasteiger partial charge is 0.494 e. The van der Waals surface area contributed by atoms with Crippen LogP contribution < -0.4 is 10.5 Å².